The molecule has 4 aromatic rings. The van der Waals surface area contributed by atoms with Crippen LogP contribution in [0.4, 0.5) is 0 Å². The molecule has 3 heterocycles. The van der Waals surface area contributed by atoms with Gasteiger partial charge >= 0.3 is 0 Å². The van der Waals surface area contributed by atoms with E-state index in [-0.39, 0.29) is 0 Å². The van der Waals surface area contributed by atoms with Gasteiger partial charge in [-0.25, -0.2) is 4.98 Å². The minimum Gasteiger partial charge on any atom is -0.493 e. The maximum atomic E-state index is 5.80. The predicted molar refractivity (Wildman–Crippen MR) is 91.8 cm³/mol. The lowest BCUT2D eigenvalue weighted by atomic mass is 10.2. The fourth-order valence-electron chi connectivity index (χ4n) is 2.67. The van der Waals surface area contributed by atoms with Crippen LogP contribution in [0.2, 0.25) is 0 Å². The van der Waals surface area contributed by atoms with E-state index in [1.165, 1.54) is 0 Å². The molecule has 0 N–H and O–H groups in total. The highest BCUT2D eigenvalue weighted by atomic mass is 16.5. The molecule has 0 bridgehead atoms. The molecule has 0 amide bonds. The first-order valence-electron chi connectivity index (χ1n) is 7.70. The summed E-state index contributed by atoms with van der Waals surface area (Å²) in [6.45, 7) is 2.01. The van der Waals surface area contributed by atoms with Gasteiger partial charge in [0.1, 0.15) is 11.3 Å². The summed E-state index contributed by atoms with van der Waals surface area (Å²) in [5, 5.41) is 8.25. The van der Waals surface area contributed by atoms with Crippen molar-refractivity contribution in [3.8, 4) is 34.5 Å². The smallest absolute Gasteiger partial charge is 0.268 e. The summed E-state index contributed by atoms with van der Waals surface area (Å²) < 4.78 is 18.3. The first-order valence-corrected chi connectivity index (χ1v) is 7.70. The van der Waals surface area contributed by atoms with Gasteiger partial charge in [0, 0.05) is 18.0 Å². The van der Waals surface area contributed by atoms with Crippen molar-refractivity contribution in [3.63, 3.8) is 0 Å². The quantitative estimate of drug-likeness (QED) is 0.569. The second-order valence-electron chi connectivity index (χ2n) is 5.53. The number of methoxy groups -OCH3 is 2. The second kappa shape index (κ2) is 5.94. The molecule has 0 saturated carbocycles. The van der Waals surface area contributed by atoms with E-state index >= 15 is 0 Å². The van der Waals surface area contributed by atoms with Crippen molar-refractivity contribution in [1.82, 2.24) is 19.6 Å². The Bertz CT molecular complexity index is 1050. The molecule has 7 nitrogen and oxygen atoms in total. The Hall–Kier alpha value is -3.35. The zero-order valence-electron chi connectivity index (χ0n) is 14.1. The Labute approximate surface area is 143 Å². The van der Waals surface area contributed by atoms with Gasteiger partial charge in [0.2, 0.25) is 5.89 Å². The van der Waals surface area contributed by atoms with Crippen LogP contribution in [0, 0.1) is 6.92 Å². The Morgan fingerprint density at radius 2 is 1.80 bits per heavy atom. The van der Waals surface area contributed by atoms with Crippen LogP contribution in [0.15, 0.2) is 47.1 Å². The predicted octanol–water partition coefficient (Wildman–Crippen LogP) is 3.38. The zero-order valence-corrected chi connectivity index (χ0v) is 14.1. The standard InChI is InChI=1S/C18H16N4O3/c1-11-5-4-8-22-10-13(19-16(11)22)18-21-20-17(25-18)12-6-7-14(23-2)15(9-12)24-3/h4-10H,1-3H3. The lowest BCUT2D eigenvalue weighted by Crippen LogP contribution is -1.90. The van der Waals surface area contributed by atoms with E-state index in [0.29, 0.717) is 29.0 Å². The molecule has 126 valence electrons. The summed E-state index contributed by atoms with van der Waals surface area (Å²) in [6.07, 6.45) is 3.80. The summed E-state index contributed by atoms with van der Waals surface area (Å²) in [7, 11) is 3.17. The van der Waals surface area contributed by atoms with E-state index in [1.807, 2.05) is 41.9 Å². The van der Waals surface area contributed by atoms with E-state index in [9.17, 15) is 0 Å². The van der Waals surface area contributed by atoms with Crippen LogP contribution in [0.25, 0.3) is 28.7 Å². The monoisotopic (exact) mass is 336 g/mol. The number of pyridine rings is 1. The molecule has 0 fully saturated rings. The number of fused-ring (bicyclic) bond motifs is 1. The van der Waals surface area contributed by atoms with Gasteiger partial charge in [0.15, 0.2) is 11.5 Å². The zero-order chi connectivity index (χ0) is 17.4. The molecule has 0 aliphatic carbocycles. The second-order valence-corrected chi connectivity index (χ2v) is 5.53. The van der Waals surface area contributed by atoms with Crippen LogP contribution in [0.1, 0.15) is 5.56 Å². The highest BCUT2D eigenvalue weighted by Gasteiger charge is 2.16. The number of aromatic nitrogens is 4. The Morgan fingerprint density at radius 3 is 2.56 bits per heavy atom. The third-order valence-electron chi connectivity index (χ3n) is 3.95. The number of aryl methyl sites for hydroxylation is 1. The van der Waals surface area contributed by atoms with E-state index in [0.717, 1.165) is 16.8 Å². The van der Waals surface area contributed by atoms with Crippen molar-refractivity contribution in [2.24, 2.45) is 0 Å². The molecule has 25 heavy (non-hydrogen) atoms. The van der Waals surface area contributed by atoms with Crippen molar-refractivity contribution in [3.05, 3.63) is 48.3 Å². The van der Waals surface area contributed by atoms with Crippen LogP contribution in [0.5, 0.6) is 11.5 Å². The molecule has 0 unspecified atom stereocenters. The van der Waals surface area contributed by atoms with Gasteiger partial charge in [-0.2, -0.15) is 0 Å². The van der Waals surface area contributed by atoms with E-state index in [1.54, 1.807) is 26.4 Å². The average Bonchev–Trinajstić information content (AvgIpc) is 3.28. The number of nitrogens with zero attached hydrogens (tertiary/aromatic N) is 4. The molecular formula is C18H16N4O3. The highest BCUT2D eigenvalue weighted by molar-refractivity contribution is 5.62. The van der Waals surface area contributed by atoms with Gasteiger partial charge in [0.05, 0.1) is 14.2 Å². The highest BCUT2D eigenvalue weighted by Crippen LogP contribution is 2.32. The van der Waals surface area contributed by atoms with Crippen LogP contribution in [0.3, 0.4) is 0 Å². The minimum absolute atomic E-state index is 0.368. The summed E-state index contributed by atoms with van der Waals surface area (Å²) in [5.41, 5.74) is 3.32. The number of ether oxygens (including phenoxy) is 2. The lowest BCUT2D eigenvalue weighted by molar-refractivity contribution is 0.355. The van der Waals surface area contributed by atoms with Gasteiger partial charge < -0.3 is 18.3 Å². The molecule has 0 spiro atoms. The minimum atomic E-state index is 0.368. The van der Waals surface area contributed by atoms with Gasteiger partial charge in [-0.3, -0.25) is 0 Å². The van der Waals surface area contributed by atoms with Gasteiger partial charge in [0.25, 0.3) is 5.89 Å². The Kier molecular flexibility index (Phi) is 3.61. The summed E-state index contributed by atoms with van der Waals surface area (Å²) in [5.74, 6) is 2.00. The third-order valence-corrected chi connectivity index (χ3v) is 3.95. The van der Waals surface area contributed by atoms with Crippen molar-refractivity contribution in [1.29, 1.82) is 0 Å². The molecule has 0 aliphatic rings. The number of benzene rings is 1. The molecule has 7 heteroatoms. The van der Waals surface area contributed by atoms with Crippen molar-refractivity contribution in [2.75, 3.05) is 14.2 Å². The fraction of sp³-hybridized carbons (Fsp3) is 0.167. The number of hydrogen-bond donors (Lipinski definition) is 0. The number of rotatable bonds is 4. The maximum absolute atomic E-state index is 5.80. The van der Waals surface area contributed by atoms with Gasteiger partial charge in [-0.1, -0.05) is 6.07 Å². The number of imidazole rings is 1. The van der Waals surface area contributed by atoms with Crippen molar-refractivity contribution in [2.45, 2.75) is 6.92 Å². The molecule has 4 rings (SSSR count). The first kappa shape index (κ1) is 15.2. The van der Waals surface area contributed by atoms with E-state index in [2.05, 4.69) is 15.2 Å². The average molecular weight is 336 g/mol. The van der Waals surface area contributed by atoms with Crippen LogP contribution in [-0.2, 0) is 0 Å². The lowest BCUT2D eigenvalue weighted by Gasteiger charge is -2.07. The first-order chi connectivity index (χ1) is 12.2. The molecule has 0 radical (unpaired) electrons. The fourth-order valence-corrected chi connectivity index (χ4v) is 2.67. The van der Waals surface area contributed by atoms with Gasteiger partial charge in [-0.05, 0) is 36.8 Å². The molecular weight excluding hydrogens is 320 g/mol. The Balaban J connectivity index is 1.73. The third kappa shape index (κ3) is 2.59. The normalized spacial score (nSPS) is 11.0. The largest absolute Gasteiger partial charge is 0.493 e. The Morgan fingerprint density at radius 1 is 1.00 bits per heavy atom. The number of hydrogen-bond acceptors (Lipinski definition) is 6. The van der Waals surface area contributed by atoms with Crippen molar-refractivity contribution < 1.29 is 13.9 Å². The summed E-state index contributed by atoms with van der Waals surface area (Å²) in [6, 6.07) is 9.41. The molecule has 0 aliphatic heterocycles. The molecule has 0 atom stereocenters. The maximum Gasteiger partial charge on any atom is 0.268 e. The summed E-state index contributed by atoms with van der Waals surface area (Å²) >= 11 is 0. The van der Waals surface area contributed by atoms with Crippen LogP contribution < -0.4 is 9.47 Å². The SMILES string of the molecule is COc1ccc(-c2nnc(-c3cn4cccc(C)c4n3)o2)cc1OC. The van der Waals surface area contributed by atoms with E-state index < -0.39 is 0 Å². The van der Waals surface area contributed by atoms with Crippen LogP contribution in [-0.4, -0.2) is 33.8 Å². The van der Waals surface area contributed by atoms with Crippen LogP contribution >= 0.6 is 0 Å². The topological polar surface area (TPSA) is 74.7 Å². The molecule has 1 aromatic carbocycles. The molecule has 0 saturated heterocycles. The molecule has 3 aromatic heterocycles. The summed E-state index contributed by atoms with van der Waals surface area (Å²) in [4.78, 5) is 4.57. The van der Waals surface area contributed by atoms with E-state index in [4.69, 9.17) is 13.9 Å². The van der Waals surface area contributed by atoms with Crippen molar-refractivity contribution >= 4 is 5.65 Å². The van der Waals surface area contributed by atoms with Gasteiger partial charge in [-0.15, -0.1) is 10.2 Å².